The molecule has 0 aliphatic carbocycles. The number of ketones is 1. The lowest BCUT2D eigenvalue weighted by Crippen LogP contribution is -2.34. The van der Waals surface area contributed by atoms with E-state index >= 15 is 0 Å². The van der Waals surface area contributed by atoms with Gasteiger partial charge in [0.15, 0.2) is 11.7 Å². The number of halogens is 2. The highest BCUT2D eigenvalue weighted by atomic mass is 19.1. The smallest absolute Gasteiger partial charge is 0.245 e. The van der Waals surface area contributed by atoms with Crippen molar-refractivity contribution < 1.29 is 18.4 Å². The third-order valence-electron chi connectivity index (χ3n) is 3.40. The van der Waals surface area contributed by atoms with Crippen LogP contribution in [-0.4, -0.2) is 11.7 Å². The minimum Gasteiger partial charge on any atom is -0.350 e. The summed E-state index contributed by atoms with van der Waals surface area (Å²) in [5, 5.41) is 20.2. The van der Waals surface area contributed by atoms with Crippen LogP contribution in [0.4, 0.5) is 8.78 Å². The van der Waals surface area contributed by atoms with Gasteiger partial charge in [-0.3, -0.25) is 9.59 Å². The average molecular weight is 339 g/mol. The molecule has 1 N–H and O–H groups in total. The van der Waals surface area contributed by atoms with Crippen LogP contribution in [-0.2, 0) is 11.3 Å². The Morgan fingerprint density at radius 1 is 1.12 bits per heavy atom. The number of carbonyl (C=O) groups excluding carboxylic acids is 2. The van der Waals surface area contributed by atoms with Crippen LogP contribution in [0.25, 0.3) is 0 Å². The second-order valence-corrected chi connectivity index (χ2v) is 5.07. The molecule has 2 aromatic rings. The lowest BCUT2D eigenvalue weighted by molar-refractivity contribution is -0.122. The number of hydrogen-bond donors (Lipinski definition) is 1. The molecule has 0 bridgehead atoms. The Kier molecular flexibility index (Phi) is 5.54. The van der Waals surface area contributed by atoms with Gasteiger partial charge in [0.2, 0.25) is 5.91 Å². The summed E-state index contributed by atoms with van der Waals surface area (Å²) in [6.07, 6.45) is 0. The summed E-state index contributed by atoms with van der Waals surface area (Å²) in [5.41, 5.74) is 0.287. The molecule has 2 aromatic carbocycles. The van der Waals surface area contributed by atoms with Crippen LogP contribution in [0.3, 0.4) is 0 Å². The fourth-order valence-corrected chi connectivity index (χ4v) is 2.09. The molecule has 0 aliphatic rings. The zero-order valence-corrected chi connectivity index (χ0v) is 12.8. The fraction of sp³-hybridized carbons (Fsp3) is 0.111. The highest BCUT2D eigenvalue weighted by Gasteiger charge is 2.27. The molecular weight excluding hydrogens is 328 g/mol. The van der Waals surface area contributed by atoms with E-state index in [1.165, 1.54) is 24.3 Å². The molecule has 2 rings (SSSR count). The standard InChI is InChI=1S/C18H11F2N3O2/c19-14-5-4-13(16(20)7-14)10-23-18(25)15(9-22)17(24)12-3-1-2-11(6-12)8-21/h1-7,15H,10H2,(H,23,25). The van der Waals surface area contributed by atoms with Crippen molar-refractivity contribution in [1.82, 2.24) is 5.32 Å². The molecule has 1 atom stereocenters. The monoisotopic (exact) mass is 339 g/mol. The van der Waals surface area contributed by atoms with Crippen LogP contribution in [0, 0.1) is 40.2 Å². The Balaban J connectivity index is 2.11. The van der Waals surface area contributed by atoms with Crippen molar-refractivity contribution in [1.29, 1.82) is 10.5 Å². The number of nitrogens with zero attached hydrogens (tertiary/aromatic N) is 2. The number of benzene rings is 2. The van der Waals surface area contributed by atoms with Crippen molar-refractivity contribution in [2.75, 3.05) is 0 Å². The number of carbonyl (C=O) groups is 2. The number of nitriles is 2. The molecule has 1 unspecified atom stereocenters. The number of hydrogen-bond acceptors (Lipinski definition) is 4. The minimum absolute atomic E-state index is 0.0189. The number of nitrogens with one attached hydrogen (secondary N) is 1. The SMILES string of the molecule is N#Cc1cccc(C(=O)C(C#N)C(=O)NCc2ccc(F)cc2F)c1. The average Bonchev–Trinajstić information content (AvgIpc) is 2.61. The van der Waals surface area contributed by atoms with Gasteiger partial charge in [0.1, 0.15) is 11.6 Å². The lowest BCUT2D eigenvalue weighted by Gasteiger charge is -2.10. The van der Waals surface area contributed by atoms with Crippen LogP contribution < -0.4 is 5.32 Å². The Labute approximate surface area is 142 Å². The minimum atomic E-state index is -1.64. The first-order valence-corrected chi connectivity index (χ1v) is 7.12. The third kappa shape index (κ3) is 4.24. The maximum Gasteiger partial charge on any atom is 0.245 e. The lowest BCUT2D eigenvalue weighted by atomic mass is 9.97. The van der Waals surface area contributed by atoms with Gasteiger partial charge < -0.3 is 5.32 Å². The molecule has 0 aromatic heterocycles. The van der Waals surface area contributed by atoms with E-state index in [0.29, 0.717) is 6.07 Å². The summed E-state index contributed by atoms with van der Waals surface area (Å²) in [6, 6.07) is 11.9. The van der Waals surface area contributed by atoms with E-state index in [0.717, 1.165) is 12.1 Å². The van der Waals surface area contributed by atoms with Gasteiger partial charge >= 0.3 is 0 Å². The van der Waals surface area contributed by atoms with Crippen LogP contribution in [0.15, 0.2) is 42.5 Å². The molecule has 25 heavy (non-hydrogen) atoms. The van der Waals surface area contributed by atoms with Crippen molar-refractivity contribution in [3.05, 3.63) is 70.8 Å². The summed E-state index contributed by atoms with van der Waals surface area (Å²) in [7, 11) is 0. The Morgan fingerprint density at radius 2 is 1.88 bits per heavy atom. The molecule has 124 valence electrons. The molecule has 0 spiro atoms. The molecule has 0 aliphatic heterocycles. The Morgan fingerprint density at radius 3 is 2.52 bits per heavy atom. The van der Waals surface area contributed by atoms with Gasteiger partial charge in [0.25, 0.3) is 0 Å². The largest absolute Gasteiger partial charge is 0.350 e. The first-order chi connectivity index (χ1) is 12.0. The number of amides is 1. The van der Waals surface area contributed by atoms with Gasteiger partial charge in [-0.05, 0) is 18.2 Å². The van der Waals surface area contributed by atoms with Crippen molar-refractivity contribution in [3.63, 3.8) is 0 Å². The van der Waals surface area contributed by atoms with Gasteiger partial charge in [-0.25, -0.2) is 8.78 Å². The molecule has 7 heteroatoms. The van der Waals surface area contributed by atoms with Gasteiger partial charge in [-0.2, -0.15) is 10.5 Å². The first kappa shape index (κ1) is 17.8. The van der Waals surface area contributed by atoms with Crippen molar-refractivity contribution >= 4 is 11.7 Å². The Hall–Kier alpha value is -3.58. The highest BCUT2D eigenvalue weighted by Crippen LogP contribution is 2.13. The topological polar surface area (TPSA) is 93.8 Å². The maximum absolute atomic E-state index is 13.5. The summed E-state index contributed by atoms with van der Waals surface area (Å²) >= 11 is 0. The fourth-order valence-electron chi connectivity index (χ4n) is 2.09. The molecular formula is C18H11F2N3O2. The van der Waals surface area contributed by atoms with Crippen LogP contribution in [0.5, 0.6) is 0 Å². The molecule has 0 saturated carbocycles. The van der Waals surface area contributed by atoms with Gasteiger partial charge in [0, 0.05) is 23.7 Å². The van der Waals surface area contributed by atoms with Crippen LogP contribution >= 0.6 is 0 Å². The molecule has 0 radical (unpaired) electrons. The third-order valence-corrected chi connectivity index (χ3v) is 3.40. The summed E-state index contributed by atoms with van der Waals surface area (Å²) in [4.78, 5) is 24.4. The zero-order valence-electron chi connectivity index (χ0n) is 12.8. The molecule has 0 fully saturated rings. The van der Waals surface area contributed by atoms with Crippen LogP contribution in [0.1, 0.15) is 21.5 Å². The van der Waals surface area contributed by atoms with Gasteiger partial charge in [0.05, 0.1) is 17.7 Å². The highest BCUT2D eigenvalue weighted by molar-refractivity contribution is 6.12. The van der Waals surface area contributed by atoms with Gasteiger partial charge in [-0.15, -0.1) is 0 Å². The number of rotatable bonds is 5. The van der Waals surface area contributed by atoms with Crippen LogP contribution in [0.2, 0.25) is 0 Å². The van der Waals surface area contributed by atoms with E-state index in [9.17, 15) is 18.4 Å². The molecule has 0 saturated heterocycles. The summed E-state index contributed by atoms with van der Waals surface area (Å²) in [5.74, 6) is -4.91. The summed E-state index contributed by atoms with van der Waals surface area (Å²) in [6.45, 7) is -0.297. The molecule has 5 nitrogen and oxygen atoms in total. The van der Waals surface area contributed by atoms with E-state index in [1.54, 1.807) is 6.07 Å². The van der Waals surface area contributed by atoms with E-state index < -0.39 is 29.2 Å². The second-order valence-electron chi connectivity index (χ2n) is 5.07. The first-order valence-electron chi connectivity index (χ1n) is 7.12. The van der Waals surface area contributed by atoms with E-state index in [2.05, 4.69) is 5.32 Å². The number of Topliss-reactive ketones (excluding diaryl/α,β-unsaturated/α-hetero) is 1. The normalized spacial score (nSPS) is 11.0. The predicted molar refractivity (Wildman–Crippen MR) is 82.8 cm³/mol. The second kappa shape index (κ2) is 7.80. The van der Waals surface area contributed by atoms with Gasteiger partial charge in [-0.1, -0.05) is 18.2 Å². The molecule has 0 heterocycles. The van der Waals surface area contributed by atoms with Crippen molar-refractivity contribution in [2.24, 2.45) is 5.92 Å². The van der Waals surface area contributed by atoms with E-state index in [-0.39, 0.29) is 23.2 Å². The predicted octanol–water partition coefficient (Wildman–Crippen LogP) is 2.48. The van der Waals surface area contributed by atoms with E-state index in [1.807, 2.05) is 6.07 Å². The summed E-state index contributed by atoms with van der Waals surface area (Å²) < 4.78 is 26.4. The van der Waals surface area contributed by atoms with E-state index in [4.69, 9.17) is 10.5 Å². The zero-order chi connectivity index (χ0) is 18.4. The Bertz CT molecular complexity index is 913. The van der Waals surface area contributed by atoms with Crippen molar-refractivity contribution in [2.45, 2.75) is 6.54 Å². The quantitative estimate of drug-likeness (QED) is 0.669. The maximum atomic E-state index is 13.5. The van der Waals surface area contributed by atoms with Crippen molar-refractivity contribution in [3.8, 4) is 12.1 Å². The molecule has 1 amide bonds.